The summed E-state index contributed by atoms with van der Waals surface area (Å²) in [6.07, 6.45) is 4.50. The van der Waals surface area contributed by atoms with Gasteiger partial charge in [-0.3, -0.25) is 5.10 Å². The summed E-state index contributed by atoms with van der Waals surface area (Å²) in [5.41, 5.74) is 6.26. The van der Waals surface area contributed by atoms with E-state index in [-0.39, 0.29) is 6.54 Å². The minimum atomic E-state index is -3.42. The molecule has 0 fully saturated rings. The number of hydrogen-bond donors (Lipinski definition) is 3. The third-order valence-corrected chi connectivity index (χ3v) is 7.17. The second-order valence-corrected chi connectivity index (χ2v) is 11.0. The van der Waals surface area contributed by atoms with E-state index in [2.05, 4.69) is 34.9 Å². The summed E-state index contributed by atoms with van der Waals surface area (Å²) in [7, 11) is -1.45. The van der Waals surface area contributed by atoms with Gasteiger partial charge in [0.15, 0.2) is 11.5 Å². The lowest BCUT2D eigenvalue weighted by Crippen LogP contribution is -2.21. The maximum absolute atomic E-state index is 14.5. The Kier molecular flexibility index (Phi) is 5.58. The number of imidazole rings is 2. The Morgan fingerprint density at radius 3 is 2.68 bits per heavy atom. The van der Waals surface area contributed by atoms with Crippen molar-refractivity contribution in [2.45, 2.75) is 13.5 Å². The Balaban J connectivity index is 1.44. The van der Waals surface area contributed by atoms with Gasteiger partial charge in [-0.05, 0) is 54.4 Å². The molecule has 3 N–H and O–H groups in total. The molecule has 6 rings (SSSR count). The van der Waals surface area contributed by atoms with Gasteiger partial charge in [0.25, 0.3) is 0 Å². The van der Waals surface area contributed by atoms with Crippen LogP contribution in [0, 0.1) is 12.7 Å². The number of rotatable bonds is 6. The molecule has 12 heteroatoms. The molecule has 0 atom stereocenters. The number of fused-ring (bicyclic) bond motifs is 2. The van der Waals surface area contributed by atoms with Crippen molar-refractivity contribution < 1.29 is 12.8 Å². The first-order valence-electron chi connectivity index (χ1n) is 11.7. The molecule has 0 aliphatic carbocycles. The summed E-state index contributed by atoms with van der Waals surface area (Å²) in [5.74, 6) is 0.949. The van der Waals surface area contributed by atoms with E-state index in [1.807, 2.05) is 42.9 Å². The molecular formula is C26H23FN8O2S. The Labute approximate surface area is 217 Å². The van der Waals surface area contributed by atoms with Gasteiger partial charge in [-0.2, -0.15) is 5.10 Å². The molecule has 0 aliphatic heterocycles. The van der Waals surface area contributed by atoms with Crippen LogP contribution in [0.2, 0.25) is 0 Å². The fourth-order valence-electron chi connectivity index (χ4n) is 4.51. The number of nitrogens with one attached hydrogen (secondary N) is 3. The zero-order chi connectivity index (χ0) is 26.6. The van der Waals surface area contributed by atoms with Crippen molar-refractivity contribution in [2.24, 2.45) is 7.05 Å². The van der Waals surface area contributed by atoms with Gasteiger partial charge < -0.3 is 9.55 Å². The normalized spacial score (nSPS) is 12.1. The number of sulfonamides is 1. The van der Waals surface area contributed by atoms with Crippen LogP contribution in [-0.2, 0) is 23.6 Å². The molecular weight excluding hydrogens is 507 g/mol. The maximum Gasteiger partial charge on any atom is 0.209 e. The third-order valence-electron chi connectivity index (χ3n) is 6.50. The number of aromatic amines is 2. The monoisotopic (exact) mass is 530 g/mol. The minimum absolute atomic E-state index is 0.0240. The van der Waals surface area contributed by atoms with Crippen molar-refractivity contribution in [1.82, 2.24) is 39.4 Å². The van der Waals surface area contributed by atoms with Crippen LogP contribution >= 0.6 is 0 Å². The predicted octanol–water partition coefficient (Wildman–Crippen LogP) is 4.07. The smallest absolute Gasteiger partial charge is 0.209 e. The number of H-pyrrole nitrogens is 2. The van der Waals surface area contributed by atoms with E-state index in [4.69, 9.17) is 0 Å². The van der Waals surface area contributed by atoms with E-state index in [0.717, 1.165) is 34.2 Å². The minimum Gasteiger partial charge on any atom is -0.335 e. The van der Waals surface area contributed by atoms with E-state index in [1.54, 1.807) is 18.3 Å². The molecule has 192 valence electrons. The lowest BCUT2D eigenvalue weighted by molar-refractivity contribution is 0.586. The van der Waals surface area contributed by atoms with Gasteiger partial charge in [-0.15, -0.1) is 0 Å². The van der Waals surface area contributed by atoms with Crippen LogP contribution in [0.5, 0.6) is 0 Å². The molecule has 0 aliphatic rings. The number of hydrogen-bond acceptors (Lipinski definition) is 6. The summed E-state index contributed by atoms with van der Waals surface area (Å²) in [5, 5.41) is 8.44. The summed E-state index contributed by atoms with van der Waals surface area (Å²) in [6, 6.07) is 12.2. The lowest BCUT2D eigenvalue weighted by atomic mass is 10.0. The van der Waals surface area contributed by atoms with Crippen LogP contribution in [0.25, 0.3) is 56.0 Å². The summed E-state index contributed by atoms with van der Waals surface area (Å²) in [6.45, 7) is 1.93. The number of benzene rings is 2. The fraction of sp³-hybridized carbons (Fsp3) is 0.154. The van der Waals surface area contributed by atoms with Crippen LogP contribution in [0.3, 0.4) is 0 Å². The summed E-state index contributed by atoms with van der Waals surface area (Å²) >= 11 is 0. The van der Waals surface area contributed by atoms with Crippen molar-refractivity contribution >= 4 is 32.1 Å². The second-order valence-electron chi connectivity index (χ2n) is 9.17. The van der Waals surface area contributed by atoms with Crippen molar-refractivity contribution in [3.63, 3.8) is 0 Å². The summed E-state index contributed by atoms with van der Waals surface area (Å²) in [4.78, 5) is 16.8. The highest BCUT2D eigenvalue weighted by molar-refractivity contribution is 7.88. The van der Waals surface area contributed by atoms with Gasteiger partial charge in [0.05, 0.1) is 29.2 Å². The molecule has 0 saturated carbocycles. The Morgan fingerprint density at radius 1 is 1.08 bits per heavy atom. The topological polar surface area (TPSA) is 134 Å². The van der Waals surface area contributed by atoms with Crippen LogP contribution in [0.4, 0.5) is 4.39 Å². The Morgan fingerprint density at radius 2 is 1.92 bits per heavy atom. The Hall–Kier alpha value is -4.42. The number of nitrogens with zero attached hydrogens (tertiary/aromatic N) is 5. The van der Waals surface area contributed by atoms with Crippen molar-refractivity contribution in [1.29, 1.82) is 0 Å². The molecule has 0 spiro atoms. The molecule has 0 bridgehead atoms. The van der Waals surface area contributed by atoms with Gasteiger partial charge in [-0.1, -0.05) is 6.07 Å². The zero-order valence-electron chi connectivity index (χ0n) is 20.7. The first kappa shape index (κ1) is 23.9. The largest absolute Gasteiger partial charge is 0.335 e. The summed E-state index contributed by atoms with van der Waals surface area (Å²) < 4.78 is 41.9. The van der Waals surface area contributed by atoms with E-state index < -0.39 is 15.8 Å². The lowest BCUT2D eigenvalue weighted by Gasteiger charge is -2.08. The zero-order valence-corrected chi connectivity index (χ0v) is 21.6. The highest BCUT2D eigenvalue weighted by atomic mass is 32.2. The average Bonchev–Trinajstić information content (AvgIpc) is 3.58. The number of aromatic nitrogens is 7. The molecule has 6 aromatic rings. The van der Waals surface area contributed by atoms with E-state index in [0.29, 0.717) is 39.4 Å². The van der Waals surface area contributed by atoms with E-state index in [9.17, 15) is 12.8 Å². The van der Waals surface area contributed by atoms with Crippen molar-refractivity contribution in [2.75, 3.05) is 6.26 Å². The first-order chi connectivity index (χ1) is 18.2. The third kappa shape index (κ3) is 4.33. The molecule has 0 radical (unpaired) electrons. The molecule has 10 nitrogen and oxygen atoms in total. The van der Waals surface area contributed by atoms with Crippen molar-refractivity contribution in [3.05, 3.63) is 72.1 Å². The fourth-order valence-corrected chi connectivity index (χ4v) is 4.94. The molecule has 4 aromatic heterocycles. The molecule has 2 aromatic carbocycles. The van der Waals surface area contributed by atoms with Crippen molar-refractivity contribution in [3.8, 4) is 33.9 Å². The highest BCUT2D eigenvalue weighted by Gasteiger charge is 2.18. The van der Waals surface area contributed by atoms with Crippen LogP contribution in [0.1, 0.15) is 11.4 Å². The second kappa shape index (κ2) is 8.85. The molecule has 0 unspecified atom stereocenters. The van der Waals surface area contributed by atoms with Gasteiger partial charge in [-0.25, -0.2) is 32.5 Å². The Bertz CT molecular complexity index is 1960. The van der Waals surface area contributed by atoms with E-state index >= 15 is 0 Å². The molecule has 38 heavy (non-hydrogen) atoms. The maximum atomic E-state index is 14.5. The highest BCUT2D eigenvalue weighted by Crippen LogP contribution is 2.33. The van der Waals surface area contributed by atoms with E-state index in [1.165, 1.54) is 12.1 Å². The molecule has 0 saturated heterocycles. The average molecular weight is 531 g/mol. The number of pyridine rings is 1. The standard InChI is InChI=1S/C26H23FN8O2S/c1-14-29-13-22(35(14)2)16-4-5-21-20(11-16)24(34-33-21)26-31-23-19(6-7-28-25(23)32-26)17-8-15(9-18(27)10-17)12-30-38(3,36)37/h4-11,13,30H,12H2,1-3H3,(H,33,34)(H,28,31,32). The number of halogens is 1. The van der Waals surface area contributed by atoms with Gasteiger partial charge in [0.1, 0.15) is 17.3 Å². The predicted molar refractivity (Wildman–Crippen MR) is 143 cm³/mol. The van der Waals surface area contributed by atoms with Gasteiger partial charge >= 0.3 is 0 Å². The molecule has 0 amide bonds. The quantitative estimate of drug-likeness (QED) is 0.297. The van der Waals surface area contributed by atoms with Crippen LogP contribution in [-0.4, -0.2) is 49.4 Å². The van der Waals surface area contributed by atoms with Gasteiger partial charge in [0.2, 0.25) is 10.0 Å². The van der Waals surface area contributed by atoms with Crippen LogP contribution < -0.4 is 4.72 Å². The van der Waals surface area contributed by atoms with Gasteiger partial charge in [0, 0.05) is 36.3 Å². The SMILES string of the molecule is Cc1ncc(-c2ccc3[nH]nc(-c4nc5nccc(-c6cc(F)cc(CNS(C)(=O)=O)c6)c5[nH]4)c3c2)n1C. The molecule has 4 heterocycles. The number of aryl methyl sites for hydroxylation is 1. The van der Waals surface area contributed by atoms with Crippen LogP contribution in [0.15, 0.2) is 54.9 Å². The first-order valence-corrected chi connectivity index (χ1v) is 13.6.